The Bertz CT molecular complexity index is 1070. The summed E-state index contributed by atoms with van der Waals surface area (Å²) in [5.74, 6) is 2.48. The molecule has 0 atom stereocenters. The van der Waals surface area contributed by atoms with Crippen molar-refractivity contribution >= 4 is 22.5 Å². The fraction of sp³-hybridized carbons (Fsp3) is 0.167. The van der Waals surface area contributed by atoms with Crippen molar-refractivity contribution in [1.29, 1.82) is 0 Å². The van der Waals surface area contributed by atoms with Crippen molar-refractivity contribution in [2.24, 2.45) is 0 Å². The lowest BCUT2D eigenvalue weighted by molar-refractivity contribution is 0.332. The number of rotatable bonds is 8. The van der Waals surface area contributed by atoms with Crippen molar-refractivity contribution in [3.8, 4) is 22.8 Å². The highest BCUT2D eigenvalue weighted by molar-refractivity contribution is 7.99. The second kappa shape index (κ2) is 9.43. The Morgan fingerprint density at radius 3 is 2.10 bits per heavy atom. The van der Waals surface area contributed by atoms with Crippen LogP contribution in [0.15, 0.2) is 83.9 Å². The van der Waals surface area contributed by atoms with E-state index in [1.54, 1.807) is 11.8 Å². The Hall–Kier alpha value is -3.05. The summed E-state index contributed by atoms with van der Waals surface area (Å²) >= 11 is 1.66. The molecule has 4 rings (SSSR count). The zero-order valence-electron chi connectivity index (χ0n) is 16.2. The molecule has 29 heavy (non-hydrogen) atoms. The van der Waals surface area contributed by atoms with Gasteiger partial charge < -0.3 is 9.47 Å². The standard InChI is InChI=1S/C24H22N2O2S/c1-2-27-19-12-14-20(15-13-19)28-16-17-29-24-22-11-7-6-10-21(22)23(25-26-24)18-8-4-3-5-9-18/h3-15H,2,16-17H2,1H3. The molecule has 3 aromatic carbocycles. The minimum atomic E-state index is 0.592. The first kappa shape index (κ1) is 19.3. The van der Waals surface area contributed by atoms with Gasteiger partial charge >= 0.3 is 0 Å². The quantitative estimate of drug-likeness (QED) is 0.272. The molecule has 0 spiro atoms. The zero-order valence-corrected chi connectivity index (χ0v) is 17.1. The summed E-state index contributed by atoms with van der Waals surface area (Å²) in [4.78, 5) is 0. The Balaban J connectivity index is 1.43. The largest absolute Gasteiger partial charge is 0.494 e. The van der Waals surface area contributed by atoms with Crippen LogP contribution in [-0.4, -0.2) is 29.2 Å². The molecule has 0 aliphatic heterocycles. The number of hydrogen-bond acceptors (Lipinski definition) is 5. The molecule has 0 saturated heterocycles. The third-order valence-corrected chi connectivity index (χ3v) is 5.37. The van der Waals surface area contributed by atoms with Crippen LogP contribution in [0.25, 0.3) is 22.0 Å². The van der Waals surface area contributed by atoms with E-state index in [0.29, 0.717) is 13.2 Å². The van der Waals surface area contributed by atoms with Crippen molar-refractivity contribution < 1.29 is 9.47 Å². The lowest BCUT2D eigenvalue weighted by atomic mass is 10.1. The first-order valence-corrected chi connectivity index (χ1v) is 10.6. The third-order valence-electron chi connectivity index (χ3n) is 4.43. The van der Waals surface area contributed by atoms with Gasteiger partial charge in [-0.2, -0.15) is 0 Å². The second-order valence-electron chi connectivity index (χ2n) is 6.37. The maximum Gasteiger partial charge on any atom is 0.127 e. The fourth-order valence-electron chi connectivity index (χ4n) is 3.09. The van der Waals surface area contributed by atoms with Gasteiger partial charge in [0.25, 0.3) is 0 Å². The molecule has 0 saturated carbocycles. The van der Waals surface area contributed by atoms with Crippen LogP contribution >= 0.6 is 11.8 Å². The number of fused-ring (bicyclic) bond motifs is 1. The highest BCUT2D eigenvalue weighted by Gasteiger charge is 2.11. The number of hydrogen-bond donors (Lipinski definition) is 0. The number of nitrogens with zero attached hydrogens (tertiary/aromatic N) is 2. The molecule has 0 aliphatic carbocycles. The van der Waals surface area contributed by atoms with E-state index >= 15 is 0 Å². The van der Waals surface area contributed by atoms with E-state index in [-0.39, 0.29) is 0 Å². The first-order chi connectivity index (χ1) is 14.3. The average molecular weight is 403 g/mol. The van der Waals surface area contributed by atoms with Gasteiger partial charge in [-0.3, -0.25) is 0 Å². The Morgan fingerprint density at radius 1 is 0.724 bits per heavy atom. The molecule has 4 aromatic rings. The van der Waals surface area contributed by atoms with Gasteiger partial charge in [0.2, 0.25) is 0 Å². The molecule has 0 radical (unpaired) electrons. The van der Waals surface area contributed by atoms with Crippen molar-refractivity contribution in [3.05, 3.63) is 78.9 Å². The Morgan fingerprint density at radius 2 is 1.38 bits per heavy atom. The minimum Gasteiger partial charge on any atom is -0.494 e. The zero-order chi connectivity index (χ0) is 19.9. The molecule has 0 N–H and O–H groups in total. The summed E-state index contributed by atoms with van der Waals surface area (Å²) in [6.07, 6.45) is 0. The lowest BCUT2D eigenvalue weighted by Gasteiger charge is -2.10. The molecule has 0 bridgehead atoms. The van der Waals surface area contributed by atoms with E-state index in [0.717, 1.165) is 44.3 Å². The molecule has 0 unspecified atom stereocenters. The van der Waals surface area contributed by atoms with Crippen LogP contribution in [0, 0.1) is 0 Å². The maximum absolute atomic E-state index is 5.84. The number of benzene rings is 3. The van der Waals surface area contributed by atoms with Crippen LogP contribution in [-0.2, 0) is 0 Å². The predicted octanol–water partition coefficient (Wildman–Crippen LogP) is 5.87. The van der Waals surface area contributed by atoms with Crippen LogP contribution in [0.2, 0.25) is 0 Å². The van der Waals surface area contributed by atoms with Crippen LogP contribution < -0.4 is 9.47 Å². The molecule has 5 heteroatoms. The summed E-state index contributed by atoms with van der Waals surface area (Å²) in [6.45, 7) is 3.23. The molecular weight excluding hydrogens is 380 g/mol. The Kier molecular flexibility index (Phi) is 6.27. The van der Waals surface area contributed by atoms with E-state index in [1.165, 1.54) is 0 Å². The fourth-order valence-corrected chi connectivity index (χ4v) is 3.88. The van der Waals surface area contributed by atoms with Gasteiger partial charge in [0.1, 0.15) is 22.2 Å². The van der Waals surface area contributed by atoms with Gasteiger partial charge in [0.05, 0.1) is 13.2 Å². The number of thioether (sulfide) groups is 1. The SMILES string of the molecule is CCOc1ccc(OCCSc2nnc(-c3ccccc3)c3ccccc23)cc1. The summed E-state index contributed by atoms with van der Waals surface area (Å²) in [5, 5.41) is 12.2. The van der Waals surface area contributed by atoms with Crippen molar-refractivity contribution in [1.82, 2.24) is 10.2 Å². The third kappa shape index (κ3) is 4.69. The molecule has 146 valence electrons. The highest BCUT2D eigenvalue weighted by atomic mass is 32.2. The summed E-state index contributed by atoms with van der Waals surface area (Å²) in [6, 6.07) is 26.2. The normalized spacial score (nSPS) is 10.8. The lowest BCUT2D eigenvalue weighted by Crippen LogP contribution is -2.01. The van der Waals surface area contributed by atoms with Gasteiger partial charge in [-0.05, 0) is 31.2 Å². The maximum atomic E-state index is 5.84. The molecule has 0 aliphatic rings. The topological polar surface area (TPSA) is 44.2 Å². The number of aromatic nitrogens is 2. The van der Waals surface area contributed by atoms with E-state index in [2.05, 4.69) is 34.5 Å². The van der Waals surface area contributed by atoms with E-state index in [1.807, 2.05) is 61.5 Å². The molecule has 1 aromatic heterocycles. The van der Waals surface area contributed by atoms with Crippen molar-refractivity contribution in [3.63, 3.8) is 0 Å². The average Bonchev–Trinajstić information content (AvgIpc) is 2.78. The van der Waals surface area contributed by atoms with Crippen molar-refractivity contribution in [2.75, 3.05) is 19.0 Å². The smallest absolute Gasteiger partial charge is 0.127 e. The summed E-state index contributed by atoms with van der Waals surface area (Å²) in [7, 11) is 0. The molecular formula is C24H22N2O2S. The van der Waals surface area contributed by atoms with Gasteiger partial charge in [-0.25, -0.2) is 0 Å². The summed E-state index contributed by atoms with van der Waals surface area (Å²) in [5.41, 5.74) is 1.99. The van der Waals surface area contributed by atoms with Crippen molar-refractivity contribution in [2.45, 2.75) is 11.9 Å². The van der Waals surface area contributed by atoms with Gasteiger partial charge in [0, 0.05) is 22.1 Å². The molecule has 4 nitrogen and oxygen atoms in total. The van der Waals surface area contributed by atoms with E-state index in [4.69, 9.17) is 9.47 Å². The molecule has 1 heterocycles. The van der Waals surface area contributed by atoms with Gasteiger partial charge in [-0.15, -0.1) is 22.0 Å². The van der Waals surface area contributed by atoms with Gasteiger partial charge in [0.15, 0.2) is 0 Å². The molecule has 0 amide bonds. The van der Waals surface area contributed by atoms with E-state index in [9.17, 15) is 0 Å². The van der Waals surface area contributed by atoms with E-state index < -0.39 is 0 Å². The minimum absolute atomic E-state index is 0.592. The van der Waals surface area contributed by atoms with Gasteiger partial charge in [-0.1, -0.05) is 54.6 Å². The first-order valence-electron chi connectivity index (χ1n) is 9.64. The predicted molar refractivity (Wildman–Crippen MR) is 119 cm³/mol. The Labute approximate surface area is 174 Å². The summed E-state index contributed by atoms with van der Waals surface area (Å²) < 4.78 is 11.3. The highest BCUT2D eigenvalue weighted by Crippen LogP contribution is 2.31. The van der Waals surface area contributed by atoms with Crippen LogP contribution in [0.4, 0.5) is 0 Å². The number of ether oxygens (including phenoxy) is 2. The monoisotopic (exact) mass is 402 g/mol. The molecule has 0 fully saturated rings. The van der Waals surface area contributed by atoms with Crippen LogP contribution in [0.5, 0.6) is 11.5 Å². The van der Waals surface area contributed by atoms with Crippen LogP contribution in [0.1, 0.15) is 6.92 Å². The second-order valence-corrected chi connectivity index (χ2v) is 7.45. The van der Waals surface area contributed by atoms with Crippen LogP contribution in [0.3, 0.4) is 0 Å².